The van der Waals surface area contributed by atoms with Crippen LogP contribution in [0.15, 0.2) is 53.4 Å². The van der Waals surface area contributed by atoms with Gasteiger partial charge in [0.15, 0.2) is 0 Å². The lowest BCUT2D eigenvalue weighted by Crippen LogP contribution is -2.11. The maximum Gasteiger partial charge on any atom is 0.283 e. The summed E-state index contributed by atoms with van der Waals surface area (Å²) in [4.78, 5) is 22.1. The van der Waals surface area contributed by atoms with E-state index in [1.807, 2.05) is 30.3 Å². The summed E-state index contributed by atoms with van der Waals surface area (Å²) in [6.07, 6.45) is 0. The van der Waals surface area contributed by atoms with Crippen molar-refractivity contribution < 1.29 is 9.72 Å². The molecule has 0 radical (unpaired) electrons. The van der Waals surface area contributed by atoms with Crippen molar-refractivity contribution in [3.8, 4) is 0 Å². The van der Waals surface area contributed by atoms with Gasteiger partial charge in [-0.05, 0) is 17.7 Å². The van der Waals surface area contributed by atoms with Crippen molar-refractivity contribution in [1.29, 1.82) is 0 Å². The Bertz CT molecular complexity index is 644. The Morgan fingerprint density at radius 3 is 2.50 bits per heavy atom. The molecule has 20 heavy (non-hydrogen) atoms. The Balaban J connectivity index is 2.23. The number of benzene rings is 2. The predicted molar refractivity (Wildman–Crippen MR) is 77.6 cm³/mol. The summed E-state index contributed by atoms with van der Waals surface area (Å²) in [5, 5.41) is 11.0. The van der Waals surface area contributed by atoms with Crippen LogP contribution < -0.4 is 5.73 Å². The van der Waals surface area contributed by atoms with Crippen LogP contribution in [-0.4, -0.2) is 10.8 Å². The lowest BCUT2D eigenvalue weighted by Gasteiger charge is -2.04. The summed E-state index contributed by atoms with van der Waals surface area (Å²) in [5.41, 5.74) is 6.25. The van der Waals surface area contributed by atoms with Gasteiger partial charge in [0.1, 0.15) is 0 Å². The summed E-state index contributed by atoms with van der Waals surface area (Å²) < 4.78 is 0. The molecule has 0 atom stereocenters. The molecule has 0 spiro atoms. The Hall–Kier alpha value is -2.34. The molecule has 0 heterocycles. The summed E-state index contributed by atoms with van der Waals surface area (Å²) >= 11 is 1.36. The first-order valence-electron chi connectivity index (χ1n) is 5.83. The van der Waals surface area contributed by atoms with Crippen molar-refractivity contribution in [2.24, 2.45) is 5.73 Å². The van der Waals surface area contributed by atoms with E-state index in [2.05, 4.69) is 0 Å². The van der Waals surface area contributed by atoms with Crippen LogP contribution in [0.5, 0.6) is 0 Å². The fourth-order valence-corrected chi connectivity index (χ4v) is 2.63. The van der Waals surface area contributed by atoms with Crippen molar-refractivity contribution in [3.63, 3.8) is 0 Å². The van der Waals surface area contributed by atoms with Crippen molar-refractivity contribution in [3.05, 3.63) is 69.8 Å². The standard InChI is InChI=1S/C14H12N2O3S/c15-14(17)11-6-7-13(12(8-11)16(18)19)20-9-10-4-2-1-3-5-10/h1-8H,9H2,(H2,15,17). The van der Waals surface area contributed by atoms with Crippen molar-refractivity contribution in [2.75, 3.05) is 0 Å². The van der Waals surface area contributed by atoms with Crippen LogP contribution in [0.4, 0.5) is 5.69 Å². The third-order valence-electron chi connectivity index (χ3n) is 2.68. The highest BCUT2D eigenvalue weighted by Gasteiger charge is 2.16. The van der Waals surface area contributed by atoms with Crippen LogP contribution in [-0.2, 0) is 5.75 Å². The fourth-order valence-electron chi connectivity index (χ4n) is 1.67. The lowest BCUT2D eigenvalue weighted by atomic mass is 10.2. The average Bonchev–Trinajstić information content (AvgIpc) is 2.45. The van der Waals surface area contributed by atoms with Crippen LogP contribution in [0.2, 0.25) is 0 Å². The second-order valence-electron chi connectivity index (χ2n) is 4.08. The first kappa shape index (κ1) is 14.1. The topological polar surface area (TPSA) is 86.2 Å². The van der Waals surface area contributed by atoms with Crippen LogP contribution in [0, 0.1) is 10.1 Å². The van der Waals surface area contributed by atoms with Crippen molar-refractivity contribution in [1.82, 2.24) is 0 Å². The van der Waals surface area contributed by atoms with Gasteiger partial charge in [0, 0.05) is 17.4 Å². The van der Waals surface area contributed by atoms with E-state index in [1.54, 1.807) is 6.07 Å². The van der Waals surface area contributed by atoms with Crippen LogP contribution >= 0.6 is 11.8 Å². The zero-order valence-electron chi connectivity index (χ0n) is 10.5. The number of primary amides is 1. The quantitative estimate of drug-likeness (QED) is 0.520. The van der Waals surface area contributed by atoms with E-state index in [-0.39, 0.29) is 11.3 Å². The van der Waals surface area contributed by atoms with E-state index in [1.165, 1.54) is 23.9 Å². The van der Waals surface area contributed by atoms with Gasteiger partial charge in [0.2, 0.25) is 5.91 Å². The second-order valence-corrected chi connectivity index (χ2v) is 5.10. The molecular formula is C14H12N2O3S. The first-order valence-corrected chi connectivity index (χ1v) is 6.81. The third kappa shape index (κ3) is 3.36. The Morgan fingerprint density at radius 2 is 1.90 bits per heavy atom. The molecule has 0 aliphatic carbocycles. The van der Waals surface area contributed by atoms with E-state index in [0.29, 0.717) is 10.6 Å². The van der Waals surface area contributed by atoms with Gasteiger partial charge in [0.05, 0.1) is 9.82 Å². The highest BCUT2D eigenvalue weighted by Crippen LogP contribution is 2.32. The Labute approximate surface area is 119 Å². The number of carbonyl (C=O) groups is 1. The van der Waals surface area contributed by atoms with Crippen molar-refractivity contribution in [2.45, 2.75) is 10.6 Å². The number of rotatable bonds is 5. The largest absolute Gasteiger partial charge is 0.366 e. The van der Waals surface area contributed by atoms with Gasteiger partial charge in [-0.25, -0.2) is 0 Å². The number of nitro groups is 1. The van der Waals surface area contributed by atoms with Crippen molar-refractivity contribution >= 4 is 23.4 Å². The minimum absolute atomic E-state index is 0.0952. The number of amides is 1. The molecule has 0 fully saturated rings. The van der Waals surface area contributed by atoms with E-state index in [4.69, 9.17) is 5.73 Å². The third-order valence-corrected chi connectivity index (χ3v) is 3.81. The number of hydrogen-bond donors (Lipinski definition) is 1. The number of nitrogens with zero attached hydrogens (tertiary/aromatic N) is 1. The SMILES string of the molecule is NC(=O)c1ccc(SCc2ccccc2)c([N+](=O)[O-])c1. The zero-order valence-corrected chi connectivity index (χ0v) is 11.3. The predicted octanol–water partition coefficient (Wildman–Crippen LogP) is 2.99. The van der Waals surface area contributed by atoms with Gasteiger partial charge < -0.3 is 5.73 Å². The summed E-state index contributed by atoms with van der Waals surface area (Å²) in [6.45, 7) is 0. The number of nitro benzene ring substituents is 1. The Morgan fingerprint density at radius 1 is 1.20 bits per heavy atom. The summed E-state index contributed by atoms with van der Waals surface area (Å²) in [5.74, 6) is -0.0508. The molecule has 2 aromatic rings. The van der Waals surface area contributed by atoms with E-state index in [9.17, 15) is 14.9 Å². The molecule has 102 valence electrons. The summed E-state index contributed by atoms with van der Waals surface area (Å²) in [7, 11) is 0. The van der Waals surface area contributed by atoms with Crippen LogP contribution in [0.25, 0.3) is 0 Å². The molecule has 1 amide bonds. The molecule has 0 saturated heterocycles. The molecule has 2 N–H and O–H groups in total. The number of thioether (sulfide) groups is 1. The Kier molecular flexibility index (Phi) is 4.37. The fraction of sp³-hybridized carbons (Fsp3) is 0.0714. The maximum absolute atomic E-state index is 11.1. The normalized spacial score (nSPS) is 10.2. The molecule has 2 rings (SSSR count). The van der Waals surface area contributed by atoms with Crippen LogP contribution in [0.1, 0.15) is 15.9 Å². The molecule has 5 nitrogen and oxygen atoms in total. The average molecular weight is 288 g/mol. The zero-order chi connectivity index (χ0) is 14.5. The van der Waals surface area contributed by atoms with Gasteiger partial charge in [0.25, 0.3) is 5.69 Å². The minimum atomic E-state index is -0.673. The minimum Gasteiger partial charge on any atom is -0.366 e. The highest BCUT2D eigenvalue weighted by atomic mass is 32.2. The molecule has 0 unspecified atom stereocenters. The molecule has 0 aromatic heterocycles. The molecule has 0 bridgehead atoms. The van der Waals surface area contributed by atoms with Gasteiger partial charge in [-0.15, -0.1) is 11.8 Å². The highest BCUT2D eigenvalue weighted by molar-refractivity contribution is 7.98. The molecule has 0 aliphatic heterocycles. The van der Waals surface area contributed by atoms with Gasteiger partial charge in [-0.2, -0.15) is 0 Å². The van der Waals surface area contributed by atoms with E-state index in [0.717, 1.165) is 5.56 Å². The maximum atomic E-state index is 11.1. The number of hydrogen-bond acceptors (Lipinski definition) is 4. The lowest BCUT2D eigenvalue weighted by molar-refractivity contribution is -0.387. The van der Waals surface area contributed by atoms with E-state index < -0.39 is 10.8 Å². The molecular weight excluding hydrogens is 276 g/mol. The second kappa shape index (κ2) is 6.21. The summed E-state index contributed by atoms with van der Waals surface area (Å²) in [6, 6.07) is 13.9. The van der Waals surface area contributed by atoms with E-state index >= 15 is 0 Å². The van der Waals surface area contributed by atoms with Gasteiger partial charge >= 0.3 is 0 Å². The van der Waals surface area contributed by atoms with Gasteiger partial charge in [-0.1, -0.05) is 30.3 Å². The molecule has 2 aromatic carbocycles. The molecule has 6 heteroatoms. The monoisotopic (exact) mass is 288 g/mol. The smallest absolute Gasteiger partial charge is 0.283 e. The van der Waals surface area contributed by atoms with Gasteiger partial charge in [-0.3, -0.25) is 14.9 Å². The molecule has 0 saturated carbocycles. The number of carbonyl (C=O) groups excluding carboxylic acids is 1. The first-order chi connectivity index (χ1) is 9.58. The molecule has 0 aliphatic rings. The number of nitrogens with two attached hydrogens (primary N) is 1. The van der Waals surface area contributed by atoms with Crippen LogP contribution in [0.3, 0.4) is 0 Å².